The Morgan fingerprint density at radius 1 is 1.15 bits per heavy atom. The van der Waals surface area contributed by atoms with E-state index >= 15 is 0 Å². The molecule has 0 spiro atoms. The molecule has 0 saturated carbocycles. The van der Waals surface area contributed by atoms with Crippen molar-refractivity contribution >= 4 is 39.5 Å². The smallest absolute Gasteiger partial charge is 0.465 e. The van der Waals surface area contributed by atoms with Gasteiger partial charge in [0.05, 0.1) is 17.8 Å². The van der Waals surface area contributed by atoms with E-state index in [0.29, 0.717) is 6.07 Å². The van der Waals surface area contributed by atoms with Gasteiger partial charge in [0.25, 0.3) is 0 Å². The molecule has 0 heterocycles. The molecule has 0 aromatic heterocycles. The van der Waals surface area contributed by atoms with Crippen LogP contribution in [0.2, 0.25) is 5.02 Å². The molecule has 0 aliphatic heterocycles. The molecule has 0 saturated heterocycles. The Labute approximate surface area is 157 Å². The monoisotopic (exact) mass is 433 g/mol. The van der Waals surface area contributed by atoms with Crippen LogP contribution in [0, 0.1) is 0 Å². The van der Waals surface area contributed by atoms with Crippen LogP contribution in [0.1, 0.15) is 31.1 Å². The molecule has 13 heteroatoms. The number of rotatable bonds is 4. The molecule has 27 heavy (non-hydrogen) atoms. The molecule has 152 valence electrons. The van der Waals surface area contributed by atoms with Gasteiger partial charge in [-0.05, 0) is 26.8 Å². The quantitative estimate of drug-likeness (QED) is 0.438. The number of carbonyl (C=O) groups is 2. The van der Waals surface area contributed by atoms with E-state index in [0.717, 1.165) is 13.2 Å². The second-order valence-corrected chi connectivity index (χ2v) is 7.87. The van der Waals surface area contributed by atoms with Gasteiger partial charge in [-0.15, -0.1) is 0 Å². The largest absolute Gasteiger partial charge is 0.534 e. The zero-order valence-corrected chi connectivity index (χ0v) is 16.0. The van der Waals surface area contributed by atoms with Crippen molar-refractivity contribution in [2.75, 3.05) is 12.4 Å². The number of hydrogen-bond acceptors (Lipinski definition) is 7. The second-order valence-electron chi connectivity index (χ2n) is 5.93. The van der Waals surface area contributed by atoms with E-state index < -0.39 is 44.6 Å². The number of hydrogen-bond donors (Lipinski definition) is 1. The average Bonchev–Trinajstić information content (AvgIpc) is 2.46. The van der Waals surface area contributed by atoms with Crippen molar-refractivity contribution in [1.82, 2.24) is 0 Å². The van der Waals surface area contributed by atoms with Gasteiger partial charge in [0.1, 0.15) is 11.2 Å². The first-order valence-corrected chi connectivity index (χ1v) is 8.78. The van der Waals surface area contributed by atoms with Crippen molar-refractivity contribution in [3.8, 4) is 5.75 Å². The van der Waals surface area contributed by atoms with E-state index in [1.165, 1.54) is 0 Å². The zero-order valence-electron chi connectivity index (χ0n) is 14.4. The fraction of sp³-hybridized carbons (Fsp3) is 0.429. The summed E-state index contributed by atoms with van der Waals surface area (Å²) >= 11 is 5.87. The summed E-state index contributed by atoms with van der Waals surface area (Å²) in [6, 6.07) is 1.41. The van der Waals surface area contributed by atoms with Crippen LogP contribution < -0.4 is 9.50 Å². The molecule has 0 aliphatic rings. The molecule has 1 aromatic rings. The average molecular weight is 434 g/mol. The fourth-order valence-corrected chi connectivity index (χ4v) is 2.25. The highest BCUT2D eigenvalue weighted by atomic mass is 35.5. The topological polar surface area (TPSA) is 108 Å². The van der Waals surface area contributed by atoms with Crippen LogP contribution in [0.5, 0.6) is 5.75 Å². The molecule has 0 atom stereocenters. The van der Waals surface area contributed by atoms with Gasteiger partial charge in [0, 0.05) is 6.07 Å². The Morgan fingerprint density at radius 2 is 1.70 bits per heavy atom. The van der Waals surface area contributed by atoms with Crippen LogP contribution in [0.3, 0.4) is 0 Å². The highest BCUT2D eigenvalue weighted by Gasteiger charge is 2.49. The van der Waals surface area contributed by atoms with Crippen LogP contribution in [-0.4, -0.2) is 38.7 Å². The number of methoxy groups -OCH3 is 1. The highest BCUT2D eigenvalue weighted by molar-refractivity contribution is 7.88. The Morgan fingerprint density at radius 3 is 2.15 bits per heavy atom. The number of ether oxygens (including phenoxy) is 2. The summed E-state index contributed by atoms with van der Waals surface area (Å²) < 4.78 is 73.5. The Hall–Kier alpha value is -2.21. The lowest BCUT2D eigenvalue weighted by Crippen LogP contribution is -2.29. The van der Waals surface area contributed by atoms with Gasteiger partial charge >= 0.3 is 27.7 Å². The Balaban J connectivity index is 3.38. The van der Waals surface area contributed by atoms with Crippen LogP contribution >= 0.6 is 11.6 Å². The molecule has 0 fully saturated rings. The maximum atomic E-state index is 12.6. The summed E-state index contributed by atoms with van der Waals surface area (Å²) in [4.78, 5) is 23.5. The standard InChI is InChI=1S/C14H15ClF3NO7S/c1-13(2,3)25-12(21)19-9-6-10(26-27(22,23)14(16,17)18)7(5-8(9)15)11(20)24-4/h5-6H,1-4H3,(H,19,21). The van der Waals surface area contributed by atoms with Crippen LogP contribution in [0.4, 0.5) is 23.7 Å². The first-order valence-electron chi connectivity index (χ1n) is 7.00. The lowest BCUT2D eigenvalue weighted by Gasteiger charge is -2.20. The summed E-state index contributed by atoms with van der Waals surface area (Å²) in [7, 11) is -5.19. The van der Waals surface area contributed by atoms with Crippen molar-refractivity contribution in [2.45, 2.75) is 31.9 Å². The van der Waals surface area contributed by atoms with E-state index in [4.69, 9.17) is 16.3 Å². The summed E-state index contributed by atoms with van der Waals surface area (Å²) in [5.74, 6) is -2.26. The summed E-state index contributed by atoms with van der Waals surface area (Å²) in [6.07, 6.45) is -1.03. The molecule has 1 amide bonds. The fourth-order valence-electron chi connectivity index (χ4n) is 1.57. The predicted octanol–water partition coefficient (Wildman–Crippen LogP) is 3.70. The zero-order chi connectivity index (χ0) is 21.2. The molecular formula is C14H15ClF3NO7S. The van der Waals surface area contributed by atoms with Gasteiger partial charge in [-0.25, -0.2) is 9.59 Å². The molecular weight excluding hydrogens is 419 g/mol. The SMILES string of the molecule is COC(=O)c1cc(Cl)c(NC(=O)OC(C)(C)C)cc1OS(=O)(=O)C(F)(F)F. The number of amides is 1. The summed E-state index contributed by atoms with van der Waals surface area (Å²) in [5.41, 5.74) is -7.71. The third-order valence-electron chi connectivity index (χ3n) is 2.59. The number of alkyl halides is 3. The van der Waals surface area contributed by atoms with E-state index in [1.807, 2.05) is 0 Å². The summed E-state index contributed by atoms with van der Waals surface area (Å²) in [6.45, 7) is 4.66. The maximum absolute atomic E-state index is 12.6. The van der Waals surface area contributed by atoms with Crippen molar-refractivity contribution in [3.05, 3.63) is 22.7 Å². The lowest BCUT2D eigenvalue weighted by molar-refractivity contribution is -0.0500. The third kappa shape index (κ3) is 6.17. The van der Waals surface area contributed by atoms with Gasteiger partial charge in [-0.1, -0.05) is 11.6 Å². The van der Waals surface area contributed by atoms with E-state index in [1.54, 1.807) is 20.8 Å². The molecule has 8 nitrogen and oxygen atoms in total. The molecule has 1 N–H and O–H groups in total. The molecule has 0 radical (unpaired) electrons. The van der Waals surface area contributed by atoms with E-state index in [-0.39, 0.29) is 10.7 Å². The Kier molecular flexibility index (Phi) is 6.60. The molecule has 0 unspecified atom stereocenters. The van der Waals surface area contributed by atoms with Crippen molar-refractivity contribution in [3.63, 3.8) is 0 Å². The van der Waals surface area contributed by atoms with Gasteiger partial charge in [0.15, 0.2) is 5.75 Å². The minimum atomic E-state index is -6.10. The third-order valence-corrected chi connectivity index (χ3v) is 3.87. The molecule has 0 bridgehead atoms. The number of nitrogens with one attached hydrogen (secondary N) is 1. The van der Waals surface area contributed by atoms with Crippen molar-refractivity contribution in [1.29, 1.82) is 0 Å². The lowest BCUT2D eigenvalue weighted by atomic mass is 10.2. The number of benzene rings is 1. The van der Waals surface area contributed by atoms with Crippen LogP contribution in [0.25, 0.3) is 0 Å². The first-order chi connectivity index (χ1) is 12.1. The minimum absolute atomic E-state index is 0.307. The molecule has 0 aliphatic carbocycles. The van der Waals surface area contributed by atoms with Gasteiger partial charge in [-0.2, -0.15) is 21.6 Å². The van der Waals surface area contributed by atoms with E-state index in [2.05, 4.69) is 14.2 Å². The molecule has 1 rings (SSSR count). The van der Waals surface area contributed by atoms with E-state index in [9.17, 15) is 31.2 Å². The summed E-state index contributed by atoms with van der Waals surface area (Å²) in [5, 5.41) is 1.81. The van der Waals surface area contributed by atoms with Gasteiger partial charge < -0.3 is 13.7 Å². The Bertz CT molecular complexity index is 847. The van der Waals surface area contributed by atoms with Gasteiger partial charge in [0.2, 0.25) is 0 Å². The predicted molar refractivity (Wildman–Crippen MR) is 88.3 cm³/mol. The second kappa shape index (κ2) is 7.80. The maximum Gasteiger partial charge on any atom is 0.534 e. The number of carbonyl (C=O) groups excluding carboxylic acids is 2. The van der Waals surface area contributed by atoms with Crippen LogP contribution in [-0.2, 0) is 19.6 Å². The van der Waals surface area contributed by atoms with Crippen LogP contribution in [0.15, 0.2) is 12.1 Å². The first kappa shape index (κ1) is 22.8. The number of anilines is 1. The minimum Gasteiger partial charge on any atom is -0.465 e. The normalized spacial score (nSPS) is 12.3. The highest BCUT2D eigenvalue weighted by Crippen LogP contribution is 2.35. The molecule has 1 aromatic carbocycles. The van der Waals surface area contributed by atoms with Crippen molar-refractivity contribution < 1.29 is 44.8 Å². The number of halogens is 4. The number of esters is 1. The van der Waals surface area contributed by atoms with Crippen molar-refractivity contribution in [2.24, 2.45) is 0 Å². The van der Waals surface area contributed by atoms with Gasteiger partial charge in [-0.3, -0.25) is 5.32 Å².